The summed E-state index contributed by atoms with van der Waals surface area (Å²) in [5.41, 5.74) is 2.06. The Hall–Kier alpha value is -1.36. The fourth-order valence-electron chi connectivity index (χ4n) is 1.84. The Labute approximate surface area is 124 Å². The van der Waals surface area contributed by atoms with E-state index in [1.807, 2.05) is 38.1 Å². The fourth-order valence-corrected chi connectivity index (χ4v) is 3.20. The van der Waals surface area contributed by atoms with Crippen molar-refractivity contribution in [1.29, 1.82) is 0 Å². The van der Waals surface area contributed by atoms with E-state index in [1.165, 1.54) is 12.1 Å². The molecule has 2 rings (SSSR count). The van der Waals surface area contributed by atoms with Crippen LogP contribution < -0.4 is 4.72 Å². The number of sulfonamides is 1. The summed E-state index contributed by atoms with van der Waals surface area (Å²) in [6, 6.07) is 13.6. The first-order valence-electron chi connectivity index (χ1n) is 6.23. The van der Waals surface area contributed by atoms with Crippen LogP contribution in [-0.2, 0) is 10.0 Å². The third-order valence-electron chi connectivity index (χ3n) is 3.03. The molecule has 0 saturated heterocycles. The highest BCUT2D eigenvalue weighted by Gasteiger charge is 2.18. The summed E-state index contributed by atoms with van der Waals surface area (Å²) in [6.07, 6.45) is 0. The molecule has 2 aromatic carbocycles. The van der Waals surface area contributed by atoms with E-state index >= 15 is 0 Å². The van der Waals surface area contributed by atoms with Crippen LogP contribution in [0, 0.1) is 6.92 Å². The first-order chi connectivity index (χ1) is 9.38. The second-order valence-electron chi connectivity index (χ2n) is 4.71. The molecule has 1 N–H and O–H groups in total. The molecule has 0 heterocycles. The minimum Gasteiger partial charge on any atom is -0.207 e. The molecular formula is C15H16ClNO2S. The van der Waals surface area contributed by atoms with E-state index in [0.717, 1.165) is 11.1 Å². The van der Waals surface area contributed by atoms with E-state index in [1.54, 1.807) is 12.1 Å². The molecule has 0 spiro atoms. The number of hydrogen-bond acceptors (Lipinski definition) is 2. The van der Waals surface area contributed by atoms with Crippen molar-refractivity contribution in [3.63, 3.8) is 0 Å². The summed E-state index contributed by atoms with van der Waals surface area (Å²) in [7, 11) is -3.54. The van der Waals surface area contributed by atoms with Crippen molar-refractivity contribution in [2.75, 3.05) is 0 Å². The zero-order valence-electron chi connectivity index (χ0n) is 11.3. The van der Waals surface area contributed by atoms with E-state index in [-0.39, 0.29) is 10.9 Å². The predicted octanol–water partition coefficient (Wildman–Crippen LogP) is 3.69. The van der Waals surface area contributed by atoms with Gasteiger partial charge in [-0.1, -0.05) is 41.4 Å². The number of benzene rings is 2. The molecule has 0 amide bonds. The van der Waals surface area contributed by atoms with Gasteiger partial charge in [0.15, 0.2) is 0 Å². The lowest BCUT2D eigenvalue weighted by molar-refractivity contribution is 0.567. The summed E-state index contributed by atoms with van der Waals surface area (Å²) in [5, 5.41) is 0.510. The van der Waals surface area contributed by atoms with Crippen molar-refractivity contribution in [2.45, 2.75) is 24.8 Å². The van der Waals surface area contributed by atoms with Crippen LogP contribution in [-0.4, -0.2) is 8.42 Å². The zero-order valence-corrected chi connectivity index (χ0v) is 12.9. The maximum Gasteiger partial charge on any atom is 0.241 e. The Morgan fingerprint density at radius 3 is 2.10 bits per heavy atom. The molecule has 0 radical (unpaired) electrons. The van der Waals surface area contributed by atoms with E-state index in [9.17, 15) is 8.42 Å². The lowest BCUT2D eigenvalue weighted by Crippen LogP contribution is -2.26. The maximum absolute atomic E-state index is 12.2. The highest BCUT2D eigenvalue weighted by atomic mass is 35.5. The van der Waals surface area contributed by atoms with Crippen LogP contribution in [0.2, 0.25) is 5.02 Å². The van der Waals surface area contributed by atoms with Gasteiger partial charge in [0.25, 0.3) is 0 Å². The molecule has 5 heteroatoms. The highest BCUT2D eigenvalue weighted by molar-refractivity contribution is 7.89. The summed E-state index contributed by atoms with van der Waals surface area (Å²) in [5.74, 6) is 0. The topological polar surface area (TPSA) is 46.2 Å². The van der Waals surface area contributed by atoms with Crippen molar-refractivity contribution < 1.29 is 8.42 Å². The molecule has 0 aliphatic heterocycles. The van der Waals surface area contributed by atoms with Gasteiger partial charge in [-0.15, -0.1) is 0 Å². The Kier molecular flexibility index (Phi) is 4.48. The monoisotopic (exact) mass is 309 g/mol. The third kappa shape index (κ3) is 3.60. The largest absolute Gasteiger partial charge is 0.241 e. The molecule has 106 valence electrons. The van der Waals surface area contributed by atoms with Crippen molar-refractivity contribution >= 4 is 21.6 Å². The van der Waals surface area contributed by atoms with Gasteiger partial charge in [0.2, 0.25) is 10.0 Å². The normalized spacial score (nSPS) is 13.2. The van der Waals surface area contributed by atoms with Crippen molar-refractivity contribution in [2.24, 2.45) is 0 Å². The molecule has 0 aliphatic rings. The second kappa shape index (κ2) is 5.95. The van der Waals surface area contributed by atoms with Gasteiger partial charge in [0.1, 0.15) is 0 Å². The fraction of sp³-hybridized carbons (Fsp3) is 0.200. The predicted molar refractivity (Wildman–Crippen MR) is 81.4 cm³/mol. The number of aryl methyl sites for hydroxylation is 1. The minimum atomic E-state index is -3.54. The molecule has 0 aromatic heterocycles. The van der Waals surface area contributed by atoms with Crippen LogP contribution in [0.15, 0.2) is 53.4 Å². The first-order valence-corrected chi connectivity index (χ1v) is 8.09. The molecule has 0 fully saturated rings. The standard InChI is InChI=1S/C15H16ClNO2S/c1-11-3-5-13(6-4-11)12(2)17-20(18,19)15-9-7-14(16)8-10-15/h3-10,12,17H,1-2H3/t12-/m1/s1. The lowest BCUT2D eigenvalue weighted by Gasteiger charge is -2.15. The quantitative estimate of drug-likeness (QED) is 0.936. The Bertz CT molecular complexity index is 679. The summed E-state index contributed by atoms with van der Waals surface area (Å²) in [4.78, 5) is 0.209. The van der Waals surface area contributed by atoms with E-state index in [4.69, 9.17) is 11.6 Å². The van der Waals surface area contributed by atoms with Gasteiger partial charge in [0, 0.05) is 11.1 Å². The molecule has 0 unspecified atom stereocenters. The Balaban J connectivity index is 2.19. The Morgan fingerprint density at radius 1 is 1.00 bits per heavy atom. The van der Waals surface area contributed by atoms with Crippen LogP contribution in [0.5, 0.6) is 0 Å². The van der Waals surface area contributed by atoms with E-state index in [2.05, 4.69) is 4.72 Å². The van der Waals surface area contributed by atoms with Crippen molar-refractivity contribution in [3.05, 3.63) is 64.7 Å². The van der Waals surface area contributed by atoms with Crippen LogP contribution in [0.1, 0.15) is 24.1 Å². The molecule has 0 aliphatic carbocycles. The summed E-state index contributed by atoms with van der Waals surface area (Å²) < 4.78 is 27.1. The van der Waals surface area contributed by atoms with Crippen molar-refractivity contribution in [3.8, 4) is 0 Å². The first kappa shape index (κ1) is 15.0. The molecule has 0 saturated carbocycles. The highest BCUT2D eigenvalue weighted by Crippen LogP contribution is 2.19. The number of rotatable bonds is 4. The summed E-state index contributed by atoms with van der Waals surface area (Å²) in [6.45, 7) is 3.81. The molecule has 20 heavy (non-hydrogen) atoms. The van der Waals surface area contributed by atoms with Crippen molar-refractivity contribution in [1.82, 2.24) is 4.72 Å². The molecule has 2 aromatic rings. The van der Waals surface area contributed by atoms with E-state index < -0.39 is 10.0 Å². The lowest BCUT2D eigenvalue weighted by atomic mass is 10.1. The Morgan fingerprint density at radius 2 is 1.55 bits per heavy atom. The molecule has 1 atom stereocenters. The molecular weight excluding hydrogens is 294 g/mol. The van der Waals surface area contributed by atoms with E-state index in [0.29, 0.717) is 5.02 Å². The average Bonchev–Trinajstić information content (AvgIpc) is 2.39. The zero-order chi connectivity index (χ0) is 14.8. The minimum absolute atomic E-state index is 0.209. The molecule has 0 bridgehead atoms. The van der Waals surface area contributed by atoms with Gasteiger partial charge >= 0.3 is 0 Å². The van der Waals surface area contributed by atoms with Crippen LogP contribution in [0.3, 0.4) is 0 Å². The van der Waals surface area contributed by atoms with Crippen LogP contribution in [0.25, 0.3) is 0 Å². The van der Waals surface area contributed by atoms with Gasteiger partial charge in [-0.3, -0.25) is 0 Å². The number of hydrogen-bond donors (Lipinski definition) is 1. The number of nitrogens with one attached hydrogen (secondary N) is 1. The SMILES string of the molecule is Cc1ccc([C@@H](C)NS(=O)(=O)c2ccc(Cl)cc2)cc1. The van der Waals surface area contributed by atoms with Gasteiger partial charge in [-0.25, -0.2) is 13.1 Å². The summed E-state index contributed by atoms with van der Waals surface area (Å²) >= 11 is 5.76. The smallest absolute Gasteiger partial charge is 0.207 e. The van der Waals surface area contributed by atoms with Gasteiger partial charge in [0.05, 0.1) is 4.90 Å². The number of halogens is 1. The van der Waals surface area contributed by atoms with Gasteiger partial charge in [-0.05, 0) is 43.7 Å². The van der Waals surface area contributed by atoms with Gasteiger partial charge in [-0.2, -0.15) is 0 Å². The maximum atomic E-state index is 12.2. The van der Waals surface area contributed by atoms with Gasteiger partial charge < -0.3 is 0 Å². The average molecular weight is 310 g/mol. The third-order valence-corrected chi connectivity index (χ3v) is 4.84. The molecule has 3 nitrogen and oxygen atoms in total. The van der Waals surface area contributed by atoms with Crippen LogP contribution >= 0.6 is 11.6 Å². The second-order valence-corrected chi connectivity index (χ2v) is 6.86. The van der Waals surface area contributed by atoms with Crippen LogP contribution in [0.4, 0.5) is 0 Å².